The van der Waals surface area contributed by atoms with Gasteiger partial charge in [-0.15, -0.1) is 10.2 Å². The third-order valence-corrected chi connectivity index (χ3v) is 4.89. The van der Waals surface area contributed by atoms with E-state index in [1.807, 2.05) is 0 Å². The maximum atomic E-state index is 12.4. The first-order valence-corrected chi connectivity index (χ1v) is 10.9. The van der Waals surface area contributed by atoms with Gasteiger partial charge in [-0.05, 0) is 37.3 Å². The van der Waals surface area contributed by atoms with Gasteiger partial charge >= 0.3 is 6.09 Å². The molecule has 12 heteroatoms. The Labute approximate surface area is 207 Å². The molecule has 0 aliphatic carbocycles. The molecular weight excluding hydrogens is 466 g/mol. The second-order valence-electron chi connectivity index (χ2n) is 7.56. The fourth-order valence-corrected chi connectivity index (χ4v) is 2.94. The molecule has 3 aromatic rings. The van der Waals surface area contributed by atoms with E-state index in [0.29, 0.717) is 22.7 Å². The molecule has 3 rings (SSSR count). The number of aliphatic hydroxyl groups excluding tert-OH is 1. The van der Waals surface area contributed by atoms with Crippen LogP contribution in [0.3, 0.4) is 0 Å². The minimum atomic E-state index is -0.695. The number of ether oxygens (including phenoxy) is 2. The molecule has 12 nitrogen and oxygen atoms in total. The molecule has 0 radical (unpaired) electrons. The second kappa shape index (κ2) is 12.2. The van der Waals surface area contributed by atoms with Gasteiger partial charge in [0, 0.05) is 12.6 Å². The zero-order valence-electron chi connectivity index (χ0n) is 19.8. The Balaban J connectivity index is 1.63. The molecule has 0 unspecified atom stereocenters. The zero-order valence-corrected chi connectivity index (χ0v) is 19.8. The summed E-state index contributed by atoms with van der Waals surface area (Å²) in [6.45, 7) is 0.956. The molecule has 0 spiro atoms. The fourth-order valence-electron chi connectivity index (χ4n) is 2.94. The summed E-state index contributed by atoms with van der Waals surface area (Å²) < 4.78 is 10.8. The van der Waals surface area contributed by atoms with Gasteiger partial charge in [-0.1, -0.05) is 30.3 Å². The quantitative estimate of drug-likeness (QED) is 0.258. The van der Waals surface area contributed by atoms with E-state index in [4.69, 9.17) is 20.9 Å². The molecule has 0 aliphatic rings. The van der Waals surface area contributed by atoms with Crippen molar-refractivity contribution in [1.29, 1.82) is 0 Å². The summed E-state index contributed by atoms with van der Waals surface area (Å²) in [5.74, 6) is 0.220. The topological polar surface area (TPSA) is 178 Å². The van der Waals surface area contributed by atoms with Crippen LogP contribution in [0.1, 0.15) is 12.5 Å². The van der Waals surface area contributed by atoms with Crippen LogP contribution in [0, 0.1) is 0 Å². The highest BCUT2D eigenvalue weighted by Gasteiger charge is 2.16. The van der Waals surface area contributed by atoms with E-state index in [1.54, 1.807) is 61.5 Å². The van der Waals surface area contributed by atoms with Gasteiger partial charge in [-0.2, -0.15) is 0 Å². The van der Waals surface area contributed by atoms with Crippen LogP contribution in [0.4, 0.5) is 33.5 Å². The number of nitrogens with one attached hydrogen (secondary N) is 1. The normalized spacial score (nSPS) is 11.7. The van der Waals surface area contributed by atoms with E-state index >= 15 is 0 Å². The average Bonchev–Trinajstić information content (AvgIpc) is 2.88. The molecule has 188 valence electrons. The second-order valence-corrected chi connectivity index (χ2v) is 7.56. The summed E-state index contributed by atoms with van der Waals surface area (Å²) in [6, 6.07) is 16.1. The number of benzene rings is 2. The molecule has 2 aromatic carbocycles. The number of carbonyl (C=O) groups is 2. The molecule has 0 aliphatic heterocycles. The number of nitrogens with two attached hydrogens (primary N) is 2. The number of nitrogens with zero attached hydrogens (tertiary/aromatic N) is 4. The number of amides is 2. The SMILES string of the molecule is C[C@H](N)C(=O)Nc1ccc(N=Nc2ccccc2OCOC(=O)N(C)c2ccccc2CO)c(N)n1. The van der Waals surface area contributed by atoms with E-state index in [1.165, 1.54) is 18.0 Å². The Bertz CT molecular complexity index is 1250. The molecule has 2 amide bonds. The third-order valence-electron chi connectivity index (χ3n) is 4.89. The summed E-state index contributed by atoms with van der Waals surface area (Å²) in [4.78, 5) is 29.5. The van der Waals surface area contributed by atoms with Crippen molar-refractivity contribution in [2.24, 2.45) is 16.0 Å². The Kier molecular flexibility index (Phi) is 8.86. The Morgan fingerprint density at radius 3 is 2.50 bits per heavy atom. The fraction of sp³-hybridized carbons (Fsp3) is 0.208. The lowest BCUT2D eigenvalue weighted by atomic mass is 10.2. The minimum Gasteiger partial charge on any atom is -0.455 e. The molecule has 36 heavy (non-hydrogen) atoms. The first-order chi connectivity index (χ1) is 17.3. The Morgan fingerprint density at radius 2 is 1.78 bits per heavy atom. The summed E-state index contributed by atoms with van der Waals surface area (Å²) in [5.41, 5.74) is 13.2. The van der Waals surface area contributed by atoms with Crippen LogP contribution < -0.4 is 26.4 Å². The molecule has 1 atom stereocenters. The number of para-hydroxylation sites is 2. The molecule has 0 saturated heterocycles. The van der Waals surface area contributed by atoms with Crippen molar-refractivity contribution in [2.75, 3.05) is 29.8 Å². The highest BCUT2D eigenvalue weighted by Crippen LogP contribution is 2.30. The van der Waals surface area contributed by atoms with Crippen LogP contribution in [0.2, 0.25) is 0 Å². The van der Waals surface area contributed by atoms with Crippen LogP contribution in [0.15, 0.2) is 70.9 Å². The van der Waals surface area contributed by atoms with E-state index in [-0.39, 0.29) is 30.7 Å². The standard InChI is InChI=1S/C24H27N7O5/c1-15(25)23(33)28-21-12-11-18(22(26)27-21)30-29-17-8-4-6-10-20(17)35-14-36-24(34)31(2)19-9-5-3-7-16(19)13-32/h3-12,15,32H,13-14,25H2,1-2H3,(H3,26,27,28,33)/t15-/m0/s1. The predicted molar refractivity (Wildman–Crippen MR) is 134 cm³/mol. The Morgan fingerprint density at radius 1 is 1.08 bits per heavy atom. The van der Waals surface area contributed by atoms with Crippen molar-refractivity contribution < 1.29 is 24.2 Å². The van der Waals surface area contributed by atoms with Crippen LogP contribution in [0.25, 0.3) is 0 Å². The number of pyridine rings is 1. The lowest BCUT2D eigenvalue weighted by Gasteiger charge is -2.19. The summed E-state index contributed by atoms with van der Waals surface area (Å²) in [7, 11) is 1.53. The van der Waals surface area contributed by atoms with E-state index in [2.05, 4.69) is 20.5 Å². The average molecular weight is 494 g/mol. The number of anilines is 3. The van der Waals surface area contributed by atoms with Crippen molar-refractivity contribution in [3.05, 3.63) is 66.2 Å². The summed E-state index contributed by atoms with van der Waals surface area (Å²) in [5, 5.41) is 20.3. The molecule has 1 aromatic heterocycles. The number of nitrogen functional groups attached to an aromatic ring is 1. The van der Waals surface area contributed by atoms with Crippen molar-refractivity contribution in [2.45, 2.75) is 19.6 Å². The smallest absolute Gasteiger partial charge is 0.416 e. The number of hydrogen-bond acceptors (Lipinski definition) is 10. The molecule has 1 heterocycles. The largest absolute Gasteiger partial charge is 0.455 e. The summed E-state index contributed by atoms with van der Waals surface area (Å²) in [6.07, 6.45) is -0.662. The number of carbonyl (C=O) groups excluding carboxylic acids is 2. The maximum absolute atomic E-state index is 12.4. The number of azo groups is 1. The molecule has 0 fully saturated rings. The van der Waals surface area contributed by atoms with Gasteiger partial charge in [0.25, 0.3) is 0 Å². The van der Waals surface area contributed by atoms with Gasteiger partial charge < -0.3 is 31.4 Å². The predicted octanol–water partition coefficient (Wildman–Crippen LogP) is 3.47. The monoisotopic (exact) mass is 493 g/mol. The number of rotatable bonds is 9. The van der Waals surface area contributed by atoms with Crippen LogP contribution in [-0.2, 0) is 16.1 Å². The van der Waals surface area contributed by atoms with Crippen LogP contribution >= 0.6 is 0 Å². The van der Waals surface area contributed by atoms with Gasteiger partial charge in [0.1, 0.15) is 17.2 Å². The number of aromatic nitrogens is 1. The molecule has 0 bridgehead atoms. The van der Waals surface area contributed by atoms with Gasteiger partial charge in [-0.25, -0.2) is 9.78 Å². The Hall–Kier alpha value is -4.55. The summed E-state index contributed by atoms with van der Waals surface area (Å²) >= 11 is 0. The van der Waals surface area contributed by atoms with Crippen LogP contribution in [-0.4, -0.2) is 42.0 Å². The lowest BCUT2D eigenvalue weighted by Crippen LogP contribution is -2.32. The van der Waals surface area contributed by atoms with Crippen molar-refractivity contribution in [3.63, 3.8) is 0 Å². The zero-order chi connectivity index (χ0) is 26.1. The van der Waals surface area contributed by atoms with E-state index in [9.17, 15) is 14.7 Å². The lowest BCUT2D eigenvalue weighted by molar-refractivity contribution is -0.117. The molecular formula is C24H27N7O5. The number of aliphatic hydroxyl groups is 1. The maximum Gasteiger partial charge on any atom is 0.416 e. The van der Waals surface area contributed by atoms with Crippen molar-refractivity contribution in [1.82, 2.24) is 4.98 Å². The first-order valence-electron chi connectivity index (χ1n) is 10.9. The van der Waals surface area contributed by atoms with E-state index < -0.39 is 18.0 Å². The van der Waals surface area contributed by atoms with E-state index in [0.717, 1.165) is 0 Å². The highest BCUT2D eigenvalue weighted by atomic mass is 16.7. The first kappa shape index (κ1) is 26.1. The van der Waals surface area contributed by atoms with Gasteiger partial charge in [-0.3, -0.25) is 9.69 Å². The van der Waals surface area contributed by atoms with Gasteiger partial charge in [0.15, 0.2) is 11.6 Å². The highest BCUT2D eigenvalue weighted by molar-refractivity contribution is 5.93. The van der Waals surface area contributed by atoms with Crippen molar-refractivity contribution >= 4 is 40.7 Å². The molecule has 0 saturated carbocycles. The number of hydrogen-bond donors (Lipinski definition) is 4. The van der Waals surface area contributed by atoms with Gasteiger partial charge in [0.2, 0.25) is 12.7 Å². The van der Waals surface area contributed by atoms with Crippen LogP contribution in [0.5, 0.6) is 5.75 Å². The van der Waals surface area contributed by atoms with Gasteiger partial charge in [0.05, 0.1) is 18.3 Å². The van der Waals surface area contributed by atoms with Crippen molar-refractivity contribution in [3.8, 4) is 5.75 Å². The molecule has 6 N–H and O–H groups in total. The minimum absolute atomic E-state index is 0.0553. The third kappa shape index (κ3) is 6.74.